The molecule has 19 heavy (non-hydrogen) atoms. The Morgan fingerprint density at radius 2 is 1.95 bits per heavy atom. The van der Waals surface area contributed by atoms with Gasteiger partial charge in [-0.25, -0.2) is 0 Å². The molecule has 0 radical (unpaired) electrons. The number of halogens is 1. The zero-order chi connectivity index (χ0) is 13.8. The van der Waals surface area contributed by atoms with Gasteiger partial charge in [-0.15, -0.1) is 0 Å². The van der Waals surface area contributed by atoms with Crippen molar-refractivity contribution >= 4 is 33.4 Å². The number of nitrogens with two attached hydrogens (primary N) is 1. The quantitative estimate of drug-likeness (QED) is 0.899. The fraction of sp³-hybridized carbons (Fsp3) is 0.167. The maximum atomic E-state index is 5.59. The van der Waals surface area contributed by atoms with Crippen LogP contribution in [-0.2, 0) is 0 Å². The highest BCUT2D eigenvalue weighted by molar-refractivity contribution is 9.10. The summed E-state index contributed by atoms with van der Waals surface area (Å²) in [6, 6.07) is 7.26. The minimum Gasteiger partial charge on any atom is -0.495 e. The number of nitrogens with zero attached hydrogens (tertiary/aromatic N) is 2. The third-order valence-corrected chi connectivity index (χ3v) is 3.01. The molecule has 2 aromatic rings. The second kappa shape index (κ2) is 5.75. The van der Waals surface area contributed by atoms with Gasteiger partial charge in [0, 0.05) is 17.8 Å². The molecule has 1 heterocycles. The van der Waals surface area contributed by atoms with E-state index in [0.29, 0.717) is 11.7 Å². The van der Waals surface area contributed by atoms with Gasteiger partial charge in [-0.2, -0.15) is 9.97 Å². The summed E-state index contributed by atoms with van der Waals surface area (Å²) in [6.45, 7) is 0. The largest absolute Gasteiger partial charge is 0.495 e. The Morgan fingerprint density at radius 3 is 2.63 bits per heavy atom. The number of benzene rings is 1. The van der Waals surface area contributed by atoms with Gasteiger partial charge in [0.15, 0.2) is 0 Å². The van der Waals surface area contributed by atoms with Gasteiger partial charge in [-0.3, -0.25) is 0 Å². The van der Waals surface area contributed by atoms with E-state index in [-0.39, 0.29) is 5.95 Å². The summed E-state index contributed by atoms with van der Waals surface area (Å²) >= 11 is 3.39. The molecule has 0 aliphatic rings. The van der Waals surface area contributed by atoms with Crippen molar-refractivity contribution in [3.05, 3.63) is 28.7 Å². The molecular formula is C12H13BrN4O2. The number of hydrogen-bond donors (Lipinski definition) is 2. The standard InChI is InChI=1S/C12H13BrN4O2/c1-18-9-5-7(3-4-8(9)13)15-10-6-11(19-2)17-12(14)16-10/h3-6H,1-2H3,(H3,14,15,16,17). The maximum absolute atomic E-state index is 5.59. The van der Waals surface area contributed by atoms with Crippen molar-refractivity contribution in [3.63, 3.8) is 0 Å². The highest BCUT2D eigenvalue weighted by Crippen LogP contribution is 2.29. The first-order valence-corrected chi connectivity index (χ1v) is 6.21. The summed E-state index contributed by atoms with van der Waals surface area (Å²) in [5.41, 5.74) is 6.41. The van der Waals surface area contributed by atoms with E-state index < -0.39 is 0 Å². The maximum Gasteiger partial charge on any atom is 0.225 e. The van der Waals surface area contributed by atoms with Gasteiger partial charge < -0.3 is 20.5 Å². The number of anilines is 3. The molecule has 100 valence electrons. The van der Waals surface area contributed by atoms with E-state index in [9.17, 15) is 0 Å². The Morgan fingerprint density at radius 1 is 1.16 bits per heavy atom. The highest BCUT2D eigenvalue weighted by atomic mass is 79.9. The SMILES string of the molecule is COc1cc(Nc2ccc(Br)c(OC)c2)nc(N)n1. The van der Waals surface area contributed by atoms with Crippen LogP contribution in [0.25, 0.3) is 0 Å². The van der Waals surface area contributed by atoms with Gasteiger partial charge in [-0.05, 0) is 28.1 Å². The van der Waals surface area contributed by atoms with Gasteiger partial charge in [0.25, 0.3) is 0 Å². The molecule has 0 amide bonds. The van der Waals surface area contributed by atoms with Crippen LogP contribution >= 0.6 is 15.9 Å². The third-order valence-electron chi connectivity index (χ3n) is 2.35. The first-order chi connectivity index (χ1) is 9.12. The number of hydrogen-bond acceptors (Lipinski definition) is 6. The monoisotopic (exact) mass is 324 g/mol. The molecule has 0 fully saturated rings. The van der Waals surface area contributed by atoms with E-state index >= 15 is 0 Å². The average Bonchev–Trinajstić information content (AvgIpc) is 2.40. The number of rotatable bonds is 4. The summed E-state index contributed by atoms with van der Waals surface area (Å²) in [7, 11) is 3.13. The van der Waals surface area contributed by atoms with Crippen molar-refractivity contribution in [1.29, 1.82) is 0 Å². The first-order valence-electron chi connectivity index (χ1n) is 5.41. The molecule has 0 spiro atoms. The second-order valence-corrected chi connectivity index (χ2v) is 4.48. The van der Waals surface area contributed by atoms with Crippen LogP contribution in [0.4, 0.5) is 17.5 Å². The van der Waals surface area contributed by atoms with Crippen LogP contribution in [0.1, 0.15) is 0 Å². The van der Waals surface area contributed by atoms with Crippen LogP contribution in [0.3, 0.4) is 0 Å². The lowest BCUT2D eigenvalue weighted by atomic mass is 10.3. The third kappa shape index (κ3) is 3.25. The molecule has 2 rings (SSSR count). The lowest BCUT2D eigenvalue weighted by Crippen LogP contribution is -2.02. The van der Waals surface area contributed by atoms with Crippen LogP contribution < -0.4 is 20.5 Å². The van der Waals surface area contributed by atoms with Crippen LogP contribution in [0.15, 0.2) is 28.7 Å². The Kier molecular flexibility index (Phi) is 4.06. The van der Waals surface area contributed by atoms with Gasteiger partial charge in [-0.1, -0.05) is 0 Å². The molecule has 0 bridgehead atoms. The molecule has 1 aromatic carbocycles. The summed E-state index contributed by atoms with van der Waals surface area (Å²) < 4.78 is 11.1. The number of aromatic nitrogens is 2. The molecule has 3 N–H and O–H groups in total. The average molecular weight is 325 g/mol. The molecule has 0 atom stereocenters. The molecule has 0 saturated heterocycles. The molecule has 6 nitrogen and oxygen atoms in total. The van der Waals surface area contributed by atoms with Gasteiger partial charge in [0.05, 0.1) is 18.7 Å². The van der Waals surface area contributed by atoms with Crippen molar-refractivity contribution < 1.29 is 9.47 Å². The predicted octanol–water partition coefficient (Wildman–Crippen LogP) is 2.58. The molecular weight excluding hydrogens is 312 g/mol. The zero-order valence-electron chi connectivity index (χ0n) is 10.5. The molecule has 0 aliphatic heterocycles. The lowest BCUT2D eigenvalue weighted by Gasteiger charge is -2.10. The van der Waals surface area contributed by atoms with E-state index in [1.54, 1.807) is 13.2 Å². The van der Waals surface area contributed by atoms with E-state index in [1.807, 2.05) is 18.2 Å². The second-order valence-electron chi connectivity index (χ2n) is 3.63. The van der Waals surface area contributed by atoms with Crippen LogP contribution in [0, 0.1) is 0 Å². The van der Waals surface area contributed by atoms with Gasteiger partial charge in [0.2, 0.25) is 11.8 Å². The van der Waals surface area contributed by atoms with Crippen LogP contribution in [0.2, 0.25) is 0 Å². The summed E-state index contributed by atoms with van der Waals surface area (Å²) in [6.07, 6.45) is 0. The highest BCUT2D eigenvalue weighted by Gasteiger charge is 2.05. The Bertz CT molecular complexity index is 592. The molecule has 0 saturated carbocycles. The smallest absolute Gasteiger partial charge is 0.225 e. The van der Waals surface area contributed by atoms with Crippen LogP contribution in [0.5, 0.6) is 11.6 Å². The Labute approximate surface area is 119 Å². The molecule has 1 aromatic heterocycles. The fourth-order valence-corrected chi connectivity index (χ4v) is 1.91. The number of ether oxygens (including phenoxy) is 2. The van der Waals surface area contributed by atoms with E-state index in [4.69, 9.17) is 15.2 Å². The van der Waals surface area contributed by atoms with Gasteiger partial charge in [0.1, 0.15) is 11.6 Å². The van der Waals surface area contributed by atoms with Crippen molar-refractivity contribution in [1.82, 2.24) is 9.97 Å². The number of nitrogen functional groups attached to an aromatic ring is 1. The minimum atomic E-state index is 0.144. The predicted molar refractivity (Wildman–Crippen MR) is 77.0 cm³/mol. The molecule has 0 aliphatic carbocycles. The summed E-state index contributed by atoms with van der Waals surface area (Å²) in [5, 5.41) is 3.11. The number of nitrogens with one attached hydrogen (secondary N) is 1. The van der Waals surface area contributed by atoms with Crippen molar-refractivity contribution in [2.45, 2.75) is 0 Å². The summed E-state index contributed by atoms with van der Waals surface area (Å²) in [4.78, 5) is 7.99. The van der Waals surface area contributed by atoms with E-state index in [0.717, 1.165) is 15.9 Å². The molecule has 7 heteroatoms. The summed E-state index contributed by atoms with van der Waals surface area (Å²) in [5.74, 6) is 1.82. The topological polar surface area (TPSA) is 82.3 Å². The number of methoxy groups -OCH3 is 2. The van der Waals surface area contributed by atoms with E-state index in [1.165, 1.54) is 7.11 Å². The van der Waals surface area contributed by atoms with Crippen LogP contribution in [-0.4, -0.2) is 24.2 Å². The van der Waals surface area contributed by atoms with Crippen molar-refractivity contribution in [2.24, 2.45) is 0 Å². The van der Waals surface area contributed by atoms with Crippen molar-refractivity contribution in [3.8, 4) is 11.6 Å². The normalized spacial score (nSPS) is 10.1. The fourth-order valence-electron chi connectivity index (χ4n) is 1.50. The zero-order valence-corrected chi connectivity index (χ0v) is 12.1. The molecule has 0 unspecified atom stereocenters. The Balaban J connectivity index is 2.28. The van der Waals surface area contributed by atoms with Crippen molar-refractivity contribution in [2.75, 3.05) is 25.3 Å². The van der Waals surface area contributed by atoms with E-state index in [2.05, 4.69) is 31.2 Å². The first kappa shape index (κ1) is 13.4. The minimum absolute atomic E-state index is 0.144. The van der Waals surface area contributed by atoms with Gasteiger partial charge >= 0.3 is 0 Å². The lowest BCUT2D eigenvalue weighted by molar-refractivity contribution is 0.398. The Hall–Kier alpha value is -2.02.